The third kappa shape index (κ3) is 2.80. The van der Waals surface area contributed by atoms with Crippen molar-refractivity contribution in [3.05, 3.63) is 28.2 Å². The number of aromatic nitrogens is 3. The summed E-state index contributed by atoms with van der Waals surface area (Å²) in [5.74, 6) is 0.0489. The van der Waals surface area contributed by atoms with Crippen molar-refractivity contribution in [2.45, 2.75) is 18.8 Å². The molecule has 0 radical (unpaired) electrons. The largest absolute Gasteiger partial charge is 0.465 e. The molecule has 1 N–H and O–H groups in total. The fourth-order valence-electron chi connectivity index (χ4n) is 2.48. The number of benzene rings is 1. The van der Waals surface area contributed by atoms with Crippen LogP contribution >= 0.6 is 15.9 Å². The molecule has 1 aliphatic heterocycles. The van der Waals surface area contributed by atoms with E-state index < -0.39 is 11.9 Å². The lowest BCUT2D eigenvalue weighted by Crippen LogP contribution is -2.37. The molecular weight excluding hydrogens is 343 g/mol. The zero-order valence-electron chi connectivity index (χ0n) is 11.0. The zero-order valence-corrected chi connectivity index (χ0v) is 12.5. The first kappa shape index (κ1) is 14.1. The first-order valence-electron chi connectivity index (χ1n) is 6.52. The van der Waals surface area contributed by atoms with Crippen LogP contribution in [-0.4, -0.2) is 44.4 Å². The third-order valence-electron chi connectivity index (χ3n) is 3.63. The van der Waals surface area contributed by atoms with Crippen LogP contribution in [0.4, 0.5) is 9.18 Å². The molecule has 110 valence electrons. The molecule has 0 bridgehead atoms. The topological polar surface area (TPSA) is 79.2 Å². The van der Waals surface area contributed by atoms with E-state index in [1.165, 1.54) is 11.0 Å². The van der Waals surface area contributed by atoms with E-state index >= 15 is 0 Å². The lowest BCUT2D eigenvalue weighted by atomic mass is 9.96. The maximum absolute atomic E-state index is 13.9. The number of nitrogens with zero attached hydrogens (tertiary/aromatic N) is 4. The van der Waals surface area contributed by atoms with Crippen molar-refractivity contribution in [2.24, 2.45) is 0 Å². The second-order valence-corrected chi connectivity index (χ2v) is 5.88. The predicted octanol–water partition coefficient (Wildman–Crippen LogP) is 2.78. The van der Waals surface area contributed by atoms with E-state index in [9.17, 15) is 9.18 Å². The smallest absolute Gasteiger partial charge is 0.407 e. The number of hydrogen-bond acceptors (Lipinski definition) is 4. The van der Waals surface area contributed by atoms with E-state index in [4.69, 9.17) is 5.11 Å². The Kier molecular flexibility index (Phi) is 3.71. The fraction of sp³-hybridized carbons (Fsp3) is 0.385. The monoisotopic (exact) mass is 354 g/mol. The summed E-state index contributed by atoms with van der Waals surface area (Å²) in [5, 5.41) is 17.0. The molecule has 21 heavy (non-hydrogen) atoms. The number of piperidine rings is 1. The average molecular weight is 355 g/mol. The molecule has 0 aliphatic carbocycles. The zero-order chi connectivity index (χ0) is 15.0. The van der Waals surface area contributed by atoms with E-state index in [1.54, 1.807) is 6.07 Å². The molecule has 1 aromatic carbocycles. The van der Waals surface area contributed by atoms with Crippen molar-refractivity contribution in [3.8, 4) is 0 Å². The Bertz CT molecular complexity index is 704. The van der Waals surface area contributed by atoms with E-state index in [1.807, 2.05) is 0 Å². The van der Waals surface area contributed by atoms with Crippen LogP contribution in [0.5, 0.6) is 0 Å². The quantitative estimate of drug-likeness (QED) is 0.851. The van der Waals surface area contributed by atoms with Gasteiger partial charge in [0.1, 0.15) is 11.0 Å². The van der Waals surface area contributed by atoms with Crippen LogP contribution in [0, 0.1) is 5.82 Å². The van der Waals surface area contributed by atoms with Crippen molar-refractivity contribution in [2.75, 3.05) is 13.1 Å². The van der Waals surface area contributed by atoms with Crippen LogP contribution in [-0.2, 0) is 0 Å². The fourth-order valence-corrected chi connectivity index (χ4v) is 2.90. The second kappa shape index (κ2) is 5.51. The van der Waals surface area contributed by atoms with Crippen molar-refractivity contribution in [1.82, 2.24) is 20.1 Å². The Hall–Kier alpha value is -1.83. The summed E-state index contributed by atoms with van der Waals surface area (Å²) in [6, 6.07) is 3.00. The minimum absolute atomic E-state index is 0.0144. The Labute approximate surface area is 128 Å². The summed E-state index contributed by atoms with van der Waals surface area (Å²) >= 11 is 3.20. The summed E-state index contributed by atoms with van der Waals surface area (Å²) in [6.45, 7) is 0.869. The van der Waals surface area contributed by atoms with E-state index in [0.29, 0.717) is 41.7 Å². The molecule has 2 heterocycles. The molecule has 8 heteroatoms. The first-order chi connectivity index (χ1) is 10.0. The van der Waals surface area contributed by atoms with Crippen molar-refractivity contribution < 1.29 is 14.3 Å². The molecule has 1 aliphatic rings. The molecule has 2 aromatic rings. The lowest BCUT2D eigenvalue weighted by molar-refractivity contribution is 0.131. The van der Waals surface area contributed by atoms with Gasteiger partial charge in [0, 0.05) is 23.5 Å². The highest BCUT2D eigenvalue weighted by Crippen LogP contribution is 2.27. The van der Waals surface area contributed by atoms with Crippen molar-refractivity contribution in [3.63, 3.8) is 0 Å². The number of amides is 1. The van der Waals surface area contributed by atoms with Crippen LogP contribution < -0.4 is 0 Å². The Morgan fingerprint density at radius 1 is 1.33 bits per heavy atom. The van der Waals surface area contributed by atoms with Gasteiger partial charge in [0.25, 0.3) is 0 Å². The molecule has 1 saturated heterocycles. The van der Waals surface area contributed by atoms with Gasteiger partial charge >= 0.3 is 6.09 Å². The van der Waals surface area contributed by atoms with E-state index in [-0.39, 0.29) is 11.4 Å². The highest BCUT2D eigenvalue weighted by atomic mass is 79.9. The first-order valence-corrected chi connectivity index (χ1v) is 7.31. The van der Waals surface area contributed by atoms with E-state index in [2.05, 4.69) is 31.1 Å². The number of carbonyl (C=O) groups is 1. The predicted molar refractivity (Wildman–Crippen MR) is 76.6 cm³/mol. The molecule has 0 atom stereocenters. The highest BCUT2D eigenvalue weighted by molar-refractivity contribution is 9.10. The van der Waals surface area contributed by atoms with Crippen LogP contribution in [0.3, 0.4) is 0 Å². The van der Waals surface area contributed by atoms with E-state index in [0.717, 1.165) is 0 Å². The molecule has 1 fully saturated rings. The second-order valence-electron chi connectivity index (χ2n) is 4.97. The SMILES string of the molecule is O=C(O)N1CCC(c2nnc3cc(Br)cc(F)c3n2)CC1. The molecular formula is C13H12BrFN4O2. The standard InChI is InChI=1S/C13H12BrFN4O2/c14-8-5-9(15)11-10(6-8)17-18-12(16-11)7-1-3-19(4-2-7)13(20)21/h5-7H,1-4H2,(H,20,21). The lowest BCUT2D eigenvalue weighted by Gasteiger charge is -2.28. The Balaban J connectivity index is 1.87. The van der Waals surface area contributed by atoms with Crippen molar-refractivity contribution in [1.29, 1.82) is 0 Å². The van der Waals surface area contributed by atoms with Gasteiger partial charge in [-0.1, -0.05) is 15.9 Å². The maximum atomic E-state index is 13.9. The molecule has 3 rings (SSSR count). The summed E-state index contributed by atoms with van der Waals surface area (Å²) in [6.07, 6.45) is 0.330. The number of likely N-dealkylation sites (tertiary alicyclic amines) is 1. The Morgan fingerprint density at radius 3 is 2.71 bits per heavy atom. The van der Waals surface area contributed by atoms with Crippen LogP contribution in [0.1, 0.15) is 24.6 Å². The van der Waals surface area contributed by atoms with Crippen LogP contribution in [0.2, 0.25) is 0 Å². The molecule has 6 nitrogen and oxygen atoms in total. The Morgan fingerprint density at radius 2 is 2.05 bits per heavy atom. The summed E-state index contributed by atoms with van der Waals surface area (Å²) in [5.41, 5.74) is 0.595. The molecule has 0 saturated carbocycles. The van der Waals surface area contributed by atoms with Gasteiger partial charge in [0.15, 0.2) is 11.6 Å². The maximum Gasteiger partial charge on any atom is 0.407 e. The minimum Gasteiger partial charge on any atom is -0.465 e. The minimum atomic E-state index is -0.915. The molecule has 0 unspecified atom stereocenters. The highest BCUT2D eigenvalue weighted by Gasteiger charge is 2.26. The number of carboxylic acid groups (broad SMARTS) is 1. The van der Waals surface area contributed by atoms with Gasteiger partial charge in [0.2, 0.25) is 0 Å². The summed E-state index contributed by atoms with van der Waals surface area (Å²) in [4.78, 5) is 16.5. The van der Waals surface area contributed by atoms with Gasteiger partial charge in [-0.3, -0.25) is 0 Å². The molecule has 0 spiro atoms. The number of halogens is 2. The average Bonchev–Trinajstić information content (AvgIpc) is 2.47. The van der Waals surface area contributed by atoms with Crippen molar-refractivity contribution >= 4 is 33.1 Å². The van der Waals surface area contributed by atoms with Gasteiger partial charge in [-0.15, -0.1) is 10.2 Å². The normalized spacial score (nSPS) is 16.4. The van der Waals surface area contributed by atoms with Gasteiger partial charge in [0.05, 0.1) is 0 Å². The number of rotatable bonds is 1. The molecule has 1 amide bonds. The number of hydrogen-bond donors (Lipinski definition) is 1. The van der Waals surface area contributed by atoms with Gasteiger partial charge in [-0.2, -0.15) is 0 Å². The van der Waals surface area contributed by atoms with Gasteiger partial charge in [-0.25, -0.2) is 14.2 Å². The van der Waals surface area contributed by atoms with Gasteiger partial charge in [-0.05, 0) is 25.0 Å². The van der Waals surface area contributed by atoms with Crippen LogP contribution in [0.15, 0.2) is 16.6 Å². The van der Waals surface area contributed by atoms with Crippen LogP contribution in [0.25, 0.3) is 11.0 Å². The number of fused-ring (bicyclic) bond motifs is 1. The summed E-state index contributed by atoms with van der Waals surface area (Å²) in [7, 11) is 0. The molecule has 1 aromatic heterocycles. The summed E-state index contributed by atoms with van der Waals surface area (Å²) < 4.78 is 14.5. The third-order valence-corrected chi connectivity index (χ3v) is 4.08. The van der Waals surface area contributed by atoms with Gasteiger partial charge < -0.3 is 10.0 Å².